The molecule has 0 saturated carbocycles. The topological polar surface area (TPSA) is 110 Å². The number of carbonyl (C=O) groups excluding carboxylic acids is 1. The number of aromatic nitrogens is 2. The smallest absolute Gasteiger partial charge is 0.263 e. The highest BCUT2D eigenvalue weighted by Crippen LogP contribution is 2.21. The van der Waals surface area contributed by atoms with Crippen molar-refractivity contribution in [2.75, 3.05) is 16.6 Å². The molecular weight excluding hydrogens is 440 g/mol. The molecule has 0 unspecified atom stereocenters. The van der Waals surface area contributed by atoms with Crippen molar-refractivity contribution in [2.45, 2.75) is 25.7 Å². The van der Waals surface area contributed by atoms with Crippen molar-refractivity contribution >= 4 is 39.0 Å². The van der Waals surface area contributed by atoms with Gasteiger partial charge >= 0.3 is 0 Å². The summed E-state index contributed by atoms with van der Waals surface area (Å²) in [7, 11) is -3.83. The maximum atomic E-state index is 12.6. The van der Waals surface area contributed by atoms with Crippen molar-refractivity contribution in [3.8, 4) is 5.75 Å². The molecule has 1 amide bonds. The Morgan fingerprint density at radius 3 is 2.39 bits per heavy atom. The van der Waals surface area contributed by atoms with E-state index in [4.69, 9.17) is 16.3 Å². The zero-order valence-electron chi connectivity index (χ0n) is 17.1. The molecule has 31 heavy (non-hydrogen) atoms. The standard InChI is InChI=1S/C21H21ClN4O4S/c1-13-10-17(6-9-19(13)22)30-12-21(27)25-16-4-7-18(8-5-16)31(28,29)26-20-11-14(2)23-15(3)24-20/h4-11H,12H2,1-3H3,(H,25,27)(H,23,24,26). The summed E-state index contributed by atoms with van der Waals surface area (Å²) in [6, 6.07) is 12.4. The van der Waals surface area contributed by atoms with Crippen LogP contribution in [0.3, 0.4) is 0 Å². The van der Waals surface area contributed by atoms with E-state index in [2.05, 4.69) is 20.0 Å². The van der Waals surface area contributed by atoms with E-state index in [0.717, 1.165) is 5.56 Å². The SMILES string of the molecule is Cc1cc(NS(=O)(=O)c2ccc(NC(=O)COc3ccc(Cl)c(C)c3)cc2)nc(C)n1. The lowest BCUT2D eigenvalue weighted by atomic mass is 10.2. The third kappa shape index (κ3) is 6.16. The molecule has 0 fully saturated rings. The summed E-state index contributed by atoms with van der Waals surface area (Å²) in [5, 5.41) is 3.27. The summed E-state index contributed by atoms with van der Waals surface area (Å²) in [4.78, 5) is 20.3. The molecule has 0 aliphatic rings. The fourth-order valence-electron chi connectivity index (χ4n) is 2.74. The van der Waals surface area contributed by atoms with Crippen LogP contribution in [0.2, 0.25) is 5.02 Å². The zero-order chi connectivity index (χ0) is 22.6. The quantitative estimate of drug-likeness (QED) is 0.553. The second-order valence-electron chi connectivity index (χ2n) is 6.82. The highest BCUT2D eigenvalue weighted by Gasteiger charge is 2.16. The summed E-state index contributed by atoms with van der Waals surface area (Å²) >= 11 is 5.97. The number of hydrogen-bond donors (Lipinski definition) is 2. The molecule has 0 aliphatic carbocycles. The molecule has 3 aromatic rings. The van der Waals surface area contributed by atoms with Crippen LogP contribution >= 0.6 is 11.6 Å². The first kappa shape index (κ1) is 22.5. The molecule has 2 aromatic carbocycles. The summed E-state index contributed by atoms with van der Waals surface area (Å²) < 4.78 is 33.0. The van der Waals surface area contributed by atoms with Gasteiger partial charge in [-0.25, -0.2) is 18.4 Å². The molecule has 0 atom stereocenters. The number of carbonyl (C=O) groups is 1. The van der Waals surface area contributed by atoms with Crippen LogP contribution in [0.5, 0.6) is 5.75 Å². The molecule has 1 aromatic heterocycles. The van der Waals surface area contributed by atoms with Gasteiger partial charge in [-0.2, -0.15) is 0 Å². The molecule has 8 nitrogen and oxygen atoms in total. The van der Waals surface area contributed by atoms with Crippen molar-refractivity contribution in [1.29, 1.82) is 0 Å². The number of hydrogen-bond acceptors (Lipinski definition) is 6. The third-order valence-electron chi connectivity index (χ3n) is 4.15. The van der Waals surface area contributed by atoms with Gasteiger partial charge in [-0.3, -0.25) is 9.52 Å². The summed E-state index contributed by atoms with van der Waals surface area (Å²) in [6.07, 6.45) is 0. The largest absolute Gasteiger partial charge is 0.484 e. The van der Waals surface area contributed by atoms with Crippen molar-refractivity contribution in [2.24, 2.45) is 0 Å². The van der Waals surface area contributed by atoms with Crippen molar-refractivity contribution in [3.63, 3.8) is 0 Å². The van der Waals surface area contributed by atoms with Gasteiger partial charge in [0, 0.05) is 22.5 Å². The number of amides is 1. The van der Waals surface area contributed by atoms with Gasteiger partial charge < -0.3 is 10.1 Å². The number of rotatable bonds is 7. The summed E-state index contributed by atoms with van der Waals surface area (Å²) in [5.74, 6) is 0.803. The minimum absolute atomic E-state index is 0.0345. The molecule has 2 N–H and O–H groups in total. The van der Waals surface area contributed by atoms with Gasteiger partial charge in [0.05, 0.1) is 4.90 Å². The van der Waals surface area contributed by atoms with Crippen molar-refractivity contribution < 1.29 is 17.9 Å². The molecular formula is C21H21ClN4O4S. The second-order valence-corrected chi connectivity index (χ2v) is 8.91. The van der Waals surface area contributed by atoms with E-state index in [1.165, 1.54) is 24.3 Å². The number of ether oxygens (including phenoxy) is 1. The summed E-state index contributed by atoms with van der Waals surface area (Å²) in [6.45, 7) is 5.07. The van der Waals surface area contributed by atoms with E-state index in [1.807, 2.05) is 6.92 Å². The van der Waals surface area contributed by atoms with Crippen molar-refractivity contribution in [3.05, 3.63) is 70.6 Å². The van der Waals surface area contributed by atoms with Crippen LogP contribution in [-0.4, -0.2) is 30.9 Å². The van der Waals surface area contributed by atoms with Gasteiger partial charge in [0.15, 0.2) is 6.61 Å². The average molecular weight is 461 g/mol. The fraction of sp³-hybridized carbons (Fsp3) is 0.190. The third-order valence-corrected chi connectivity index (χ3v) is 5.95. The molecule has 0 saturated heterocycles. The number of anilines is 2. The van der Waals surface area contributed by atoms with Crippen molar-refractivity contribution in [1.82, 2.24) is 9.97 Å². The van der Waals surface area contributed by atoms with Gasteiger partial charge in [0.1, 0.15) is 17.4 Å². The minimum Gasteiger partial charge on any atom is -0.484 e. The Bertz CT molecular complexity index is 1190. The molecule has 0 spiro atoms. The van der Waals surface area contributed by atoms with E-state index in [-0.39, 0.29) is 23.2 Å². The van der Waals surface area contributed by atoms with E-state index in [9.17, 15) is 13.2 Å². The van der Waals surface area contributed by atoms with Crippen LogP contribution in [0.4, 0.5) is 11.5 Å². The summed E-state index contributed by atoms with van der Waals surface area (Å²) in [5.41, 5.74) is 1.94. The van der Waals surface area contributed by atoms with Crippen LogP contribution in [0, 0.1) is 20.8 Å². The maximum Gasteiger partial charge on any atom is 0.263 e. The first-order valence-electron chi connectivity index (χ1n) is 9.26. The Kier molecular flexibility index (Phi) is 6.77. The lowest BCUT2D eigenvalue weighted by Gasteiger charge is -2.10. The van der Waals surface area contributed by atoms with Gasteiger partial charge in [-0.1, -0.05) is 11.6 Å². The van der Waals surface area contributed by atoms with Gasteiger partial charge in [-0.05, 0) is 68.8 Å². The predicted octanol–water partition coefficient (Wildman–Crippen LogP) is 3.87. The highest BCUT2D eigenvalue weighted by atomic mass is 35.5. The number of nitrogens with zero attached hydrogens (tertiary/aromatic N) is 2. The van der Waals surface area contributed by atoms with Crippen LogP contribution in [0.15, 0.2) is 53.4 Å². The molecule has 0 bridgehead atoms. The molecule has 3 rings (SSSR count). The van der Waals surface area contributed by atoms with Gasteiger partial charge in [0.25, 0.3) is 15.9 Å². The number of benzene rings is 2. The first-order chi connectivity index (χ1) is 14.6. The predicted molar refractivity (Wildman–Crippen MR) is 119 cm³/mol. The molecule has 162 valence electrons. The highest BCUT2D eigenvalue weighted by molar-refractivity contribution is 7.92. The first-order valence-corrected chi connectivity index (χ1v) is 11.1. The molecule has 1 heterocycles. The van der Waals surface area contributed by atoms with E-state index < -0.39 is 10.0 Å². The molecule has 0 radical (unpaired) electrons. The Labute approximate surface area is 185 Å². The van der Waals surface area contributed by atoms with Crippen LogP contribution < -0.4 is 14.8 Å². The van der Waals surface area contributed by atoms with Crippen LogP contribution in [0.25, 0.3) is 0 Å². The monoisotopic (exact) mass is 460 g/mol. The molecule has 10 heteroatoms. The van der Waals surface area contributed by atoms with Crippen LogP contribution in [-0.2, 0) is 14.8 Å². The van der Waals surface area contributed by atoms with Crippen LogP contribution in [0.1, 0.15) is 17.1 Å². The Morgan fingerprint density at radius 2 is 1.74 bits per heavy atom. The second kappa shape index (κ2) is 9.32. The fourth-order valence-corrected chi connectivity index (χ4v) is 3.85. The lowest BCUT2D eigenvalue weighted by molar-refractivity contribution is -0.118. The molecule has 0 aliphatic heterocycles. The van der Waals surface area contributed by atoms with E-state index in [1.54, 1.807) is 38.1 Å². The zero-order valence-corrected chi connectivity index (χ0v) is 18.7. The van der Waals surface area contributed by atoms with Gasteiger partial charge in [-0.15, -0.1) is 0 Å². The Morgan fingerprint density at radius 1 is 1.03 bits per heavy atom. The average Bonchev–Trinajstić information content (AvgIpc) is 2.68. The number of halogens is 1. The Hall–Kier alpha value is -3.17. The van der Waals surface area contributed by atoms with Gasteiger partial charge in [0.2, 0.25) is 0 Å². The van der Waals surface area contributed by atoms with E-state index in [0.29, 0.717) is 28.0 Å². The minimum atomic E-state index is -3.83. The number of aryl methyl sites for hydroxylation is 3. The number of sulfonamides is 1. The number of nitrogens with one attached hydrogen (secondary N) is 2. The normalized spacial score (nSPS) is 11.1. The lowest BCUT2D eigenvalue weighted by Crippen LogP contribution is -2.20. The Balaban J connectivity index is 1.61. The van der Waals surface area contributed by atoms with E-state index >= 15 is 0 Å². The maximum absolute atomic E-state index is 12.6.